The molecule has 30 heavy (non-hydrogen) atoms. The molecule has 0 fully saturated rings. The molecule has 5 nitrogen and oxygen atoms in total. The van der Waals surface area contributed by atoms with Gasteiger partial charge in [0.2, 0.25) is 5.62 Å². The molecule has 1 unspecified atom stereocenters. The topological polar surface area (TPSA) is 57.2 Å². The van der Waals surface area contributed by atoms with Crippen LogP contribution in [0.2, 0.25) is 10.0 Å². The zero-order valence-electron chi connectivity index (χ0n) is 17.0. The maximum Gasteiger partial charge on any atom is 0.203 e. The summed E-state index contributed by atoms with van der Waals surface area (Å²) in [6.45, 7) is 8.15. The van der Waals surface area contributed by atoms with Crippen molar-refractivity contribution in [1.82, 2.24) is 14.0 Å². The molecule has 0 saturated carbocycles. The van der Waals surface area contributed by atoms with Gasteiger partial charge in [-0.2, -0.15) is 0 Å². The highest BCUT2D eigenvalue weighted by atomic mass is 35.5. The maximum absolute atomic E-state index is 10.8. The van der Waals surface area contributed by atoms with Gasteiger partial charge >= 0.3 is 0 Å². The zero-order chi connectivity index (χ0) is 20.3. The molecule has 2 aromatic carbocycles. The van der Waals surface area contributed by atoms with E-state index >= 15 is 0 Å². The maximum atomic E-state index is 10.8. The minimum Gasteiger partial charge on any atom is -0.387 e. The van der Waals surface area contributed by atoms with Crippen LogP contribution in [-0.4, -0.2) is 38.8 Å². The molecule has 3 rings (SSSR count). The molecular weight excluding hydrogens is 466 g/mol. The SMILES string of the molecule is CCN(CC)CCn1c(=N)n(CC(O)c2ccc(Cl)c(Cl)c2)c2ccccc21.Cl.Cl. The molecule has 0 saturated heterocycles. The largest absolute Gasteiger partial charge is 0.387 e. The Morgan fingerprint density at radius 2 is 1.57 bits per heavy atom. The molecule has 166 valence electrons. The molecular formula is C21H28Cl4N4O. The number of rotatable bonds is 8. The predicted octanol–water partition coefficient (Wildman–Crippen LogP) is 5.15. The van der Waals surface area contributed by atoms with Crippen molar-refractivity contribution in [2.45, 2.75) is 33.0 Å². The Morgan fingerprint density at radius 1 is 0.967 bits per heavy atom. The molecule has 0 aliphatic rings. The van der Waals surface area contributed by atoms with Gasteiger partial charge in [-0.05, 0) is 42.9 Å². The third kappa shape index (κ3) is 5.72. The first-order valence-electron chi connectivity index (χ1n) is 9.54. The van der Waals surface area contributed by atoms with Crippen LogP contribution in [0.3, 0.4) is 0 Å². The number of fused-ring (bicyclic) bond motifs is 1. The van der Waals surface area contributed by atoms with Crippen LogP contribution in [0.1, 0.15) is 25.5 Å². The van der Waals surface area contributed by atoms with Crippen molar-refractivity contribution in [2.24, 2.45) is 0 Å². The van der Waals surface area contributed by atoms with Crippen LogP contribution < -0.4 is 5.62 Å². The van der Waals surface area contributed by atoms with Crippen LogP contribution >= 0.6 is 48.0 Å². The standard InChI is InChI=1S/C21H26Cl2N4O.2ClH/c1-3-25(4-2)11-12-26-18-7-5-6-8-19(18)27(21(26)24)14-20(28)15-9-10-16(22)17(23)13-15;;/h5-10,13,20,24,28H,3-4,11-12,14H2,1-2H3;2*1H. The lowest BCUT2D eigenvalue weighted by Crippen LogP contribution is -2.32. The minimum absolute atomic E-state index is 0. The third-order valence-electron chi connectivity index (χ3n) is 5.19. The molecule has 1 heterocycles. The summed E-state index contributed by atoms with van der Waals surface area (Å²) in [5.41, 5.74) is 3.00. The number of halogens is 4. The number of nitrogens with one attached hydrogen (secondary N) is 1. The Balaban J connectivity index is 0.00000225. The van der Waals surface area contributed by atoms with Crippen molar-refractivity contribution in [3.05, 3.63) is 63.7 Å². The second-order valence-electron chi connectivity index (χ2n) is 6.79. The van der Waals surface area contributed by atoms with Crippen molar-refractivity contribution < 1.29 is 5.11 Å². The van der Waals surface area contributed by atoms with Crippen LogP contribution in [0.5, 0.6) is 0 Å². The van der Waals surface area contributed by atoms with Gasteiger partial charge in [0.1, 0.15) is 0 Å². The van der Waals surface area contributed by atoms with E-state index in [2.05, 4.69) is 18.7 Å². The van der Waals surface area contributed by atoms with Crippen molar-refractivity contribution in [3.63, 3.8) is 0 Å². The summed E-state index contributed by atoms with van der Waals surface area (Å²) in [5.74, 6) is 0. The Bertz CT molecular complexity index is 1010. The van der Waals surface area contributed by atoms with Crippen molar-refractivity contribution in [2.75, 3.05) is 19.6 Å². The number of aliphatic hydroxyl groups excluding tert-OH is 1. The number of hydrogen-bond acceptors (Lipinski definition) is 3. The van der Waals surface area contributed by atoms with Crippen LogP contribution in [0.25, 0.3) is 11.0 Å². The molecule has 0 bridgehead atoms. The molecule has 0 aliphatic heterocycles. The van der Waals surface area contributed by atoms with Gasteiger partial charge in [-0.1, -0.05) is 55.2 Å². The van der Waals surface area contributed by atoms with E-state index in [9.17, 15) is 5.11 Å². The molecule has 0 spiro atoms. The molecule has 1 atom stereocenters. The monoisotopic (exact) mass is 492 g/mol. The fourth-order valence-electron chi connectivity index (χ4n) is 3.48. The Hall–Kier alpha value is -1.21. The molecule has 0 aliphatic carbocycles. The normalized spacial score (nSPS) is 11.9. The Kier molecular flexibility index (Phi) is 10.7. The van der Waals surface area contributed by atoms with E-state index in [-0.39, 0.29) is 31.4 Å². The first-order chi connectivity index (χ1) is 13.5. The van der Waals surface area contributed by atoms with Gasteiger partial charge in [0.05, 0.1) is 33.7 Å². The summed E-state index contributed by atoms with van der Waals surface area (Å²) in [7, 11) is 0. The number of likely N-dealkylation sites (N-methyl/N-ethyl adjacent to an activating group) is 1. The van der Waals surface area contributed by atoms with Gasteiger partial charge < -0.3 is 19.1 Å². The molecule has 0 amide bonds. The van der Waals surface area contributed by atoms with E-state index in [1.165, 1.54) is 0 Å². The van der Waals surface area contributed by atoms with E-state index in [1.54, 1.807) is 18.2 Å². The van der Waals surface area contributed by atoms with Gasteiger partial charge in [0, 0.05) is 13.1 Å². The number of para-hydroxylation sites is 2. The van der Waals surface area contributed by atoms with Crippen LogP contribution in [0, 0.1) is 5.41 Å². The lowest BCUT2D eigenvalue weighted by Gasteiger charge is -2.18. The summed E-state index contributed by atoms with van der Waals surface area (Å²) < 4.78 is 3.86. The first-order valence-corrected chi connectivity index (χ1v) is 10.3. The van der Waals surface area contributed by atoms with Gasteiger partial charge in [-0.25, -0.2) is 0 Å². The molecule has 0 radical (unpaired) electrons. The van der Waals surface area contributed by atoms with E-state index in [1.807, 2.05) is 33.4 Å². The summed E-state index contributed by atoms with van der Waals surface area (Å²) in [6, 6.07) is 13.1. The average molecular weight is 494 g/mol. The number of benzene rings is 2. The molecule has 3 aromatic rings. The minimum atomic E-state index is -0.786. The van der Waals surface area contributed by atoms with Crippen molar-refractivity contribution >= 4 is 59.0 Å². The number of aromatic nitrogens is 2. The van der Waals surface area contributed by atoms with E-state index in [4.69, 9.17) is 28.6 Å². The van der Waals surface area contributed by atoms with E-state index in [0.717, 1.165) is 37.2 Å². The summed E-state index contributed by atoms with van der Waals surface area (Å²) in [4.78, 5) is 2.34. The molecule has 1 aromatic heterocycles. The Labute approximate surface area is 199 Å². The van der Waals surface area contributed by atoms with Crippen molar-refractivity contribution in [3.8, 4) is 0 Å². The smallest absolute Gasteiger partial charge is 0.203 e. The van der Waals surface area contributed by atoms with E-state index in [0.29, 0.717) is 21.2 Å². The second-order valence-corrected chi connectivity index (χ2v) is 7.61. The van der Waals surface area contributed by atoms with Gasteiger partial charge in [-0.15, -0.1) is 24.8 Å². The van der Waals surface area contributed by atoms with E-state index < -0.39 is 6.10 Å². The van der Waals surface area contributed by atoms with Crippen molar-refractivity contribution in [1.29, 1.82) is 5.41 Å². The highest BCUT2D eigenvalue weighted by molar-refractivity contribution is 6.42. The third-order valence-corrected chi connectivity index (χ3v) is 5.93. The highest BCUT2D eigenvalue weighted by Crippen LogP contribution is 2.26. The lowest BCUT2D eigenvalue weighted by atomic mass is 10.1. The number of imidazole rings is 1. The van der Waals surface area contributed by atoms with Crippen LogP contribution in [0.15, 0.2) is 42.5 Å². The Morgan fingerprint density at radius 3 is 2.13 bits per heavy atom. The quantitative estimate of drug-likeness (QED) is 0.456. The van der Waals surface area contributed by atoms with Gasteiger partial charge in [0.25, 0.3) is 0 Å². The summed E-state index contributed by atoms with van der Waals surface area (Å²) in [5, 5.41) is 20.3. The average Bonchev–Trinajstić information content (AvgIpc) is 2.96. The number of hydrogen-bond donors (Lipinski definition) is 2. The number of nitrogens with zero attached hydrogens (tertiary/aromatic N) is 3. The summed E-state index contributed by atoms with van der Waals surface area (Å²) >= 11 is 12.1. The zero-order valence-corrected chi connectivity index (χ0v) is 20.2. The second kappa shape index (κ2) is 12.0. The lowest BCUT2D eigenvalue weighted by molar-refractivity contribution is 0.155. The predicted molar refractivity (Wildman–Crippen MR) is 129 cm³/mol. The highest BCUT2D eigenvalue weighted by Gasteiger charge is 2.16. The van der Waals surface area contributed by atoms with Gasteiger partial charge in [0.15, 0.2) is 0 Å². The van der Waals surface area contributed by atoms with Crippen LogP contribution in [0.4, 0.5) is 0 Å². The fourth-order valence-corrected chi connectivity index (χ4v) is 3.79. The number of aliphatic hydroxyl groups is 1. The molecule has 2 N–H and O–H groups in total. The summed E-state index contributed by atoms with van der Waals surface area (Å²) in [6.07, 6.45) is -0.786. The first kappa shape index (κ1) is 26.8. The fraction of sp³-hybridized carbons (Fsp3) is 0.381. The van der Waals surface area contributed by atoms with Gasteiger partial charge in [-0.3, -0.25) is 5.41 Å². The van der Waals surface area contributed by atoms with Crippen LogP contribution in [-0.2, 0) is 13.1 Å². The molecule has 9 heteroatoms.